The number of rotatable bonds is 6. The van der Waals surface area contributed by atoms with Gasteiger partial charge >= 0.3 is 5.97 Å². The molecule has 6 heteroatoms. The van der Waals surface area contributed by atoms with Crippen LogP contribution in [0.1, 0.15) is 5.76 Å². The quantitative estimate of drug-likeness (QED) is 0.584. The van der Waals surface area contributed by atoms with Crippen molar-refractivity contribution < 1.29 is 13.9 Å². The van der Waals surface area contributed by atoms with Crippen molar-refractivity contribution >= 4 is 29.3 Å². The van der Waals surface area contributed by atoms with Crippen molar-refractivity contribution in [2.75, 3.05) is 44.2 Å². The first-order valence-corrected chi connectivity index (χ1v) is 8.70. The lowest BCUT2D eigenvalue weighted by Crippen LogP contribution is -2.47. The van der Waals surface area contributed by atoms with Gasteiger partial charge in [-0.25, -0.2) is 4.79 Å². The molecule has 0 amide bonds. The van der Waals surface area contributed by atoms with Gasteiger partial charge in [0.05, 0.1) is 6.26 Å². The van der Waals surface area contributed by atoms with Crippen molar-refractivity contribution in [3.05, 3.63) is 59.5 Å². The number of carbonyl (C=O) groups excluding carboxylic acids is 1. The van der Waals surface area contributed by atoms with Crippen molar-refractivity contribution in [3.8, 4) is 0 Å². The minimum atomic E-state index is -0.351. The zero-order valence-corrected chi connectivity index (χ0v) is 14.7. The van der Waals surface area contributed by atoms with Crippen molar-refractivity contribution in [1.29, 1.82) is 0 Å². The van der Waals surface area contributed by atoms with Gasteiger partial charge in [0, 0.05) is 49.5 Å². The van der Waals surface area contributed by atoms with E-state index in [4.69, 9.17) is 20.8 Å². The van der Waals surface area contributed by atoms with Crippen molar-refractivity contribution in [2.24, 2.45) is 0 Å². The van der Waals surface area contributed by atoms with Crippen LogP contribution in [0.5, 0.6) is 0 Å². The van der Waals surface area contributed by atoms with E-state index in [1.165, 1.54) is 11.8 Å². The summed E-state index contributed by atoms with van der Waals surface area (Å²) in [6, 6.07) is 11.5. The number of piperazine rings is 1. The molecule has 25 heavy (non-hydrogen) atoms. The summed E-state index contributed by atoms with van der Waals surface area (Å²) in [4.78, 5) is 16.3. The van der Waals surface area contributed by atoms with E-state index >= 15 is 0 Å². The third-order valence-electron chi connectivity index (χ3n) is 4.14. The minimum absolute atomic E-state index is 0.351. The highest BCUT2D eigenvalue weighted by atomic mass is 35.5. The highest BCUT2D eigenvalue weighted by molar-refractivity contribution is 6.30. The molecule has 1 aliphatic rings. The molecule has 2 heterocycles. The number of esters is 1. The van der Waals surface area contributed by atoms with E-state index in [9.17, 15) is 4.79 Å². The summed E-state index contributed by atoms with van der Waals surface area (Å²) < 4.78 is 10.4. The molecule has 0 atom stereocenters. The molecule has 0 radical (unpaired) electrons. The molecule has 0 saturated carbocycles. The molecule has 1 aliphatic heterocycles. The standard InChI is InChI=1S/C19H21ClN2O3/c20-16-3-5-17(6-4-16)22-11-9-21(10-12-22)13-15-25-19(23)8-7-18-2-1-14-24-18/h1-8,14H,9-13,15H2. The lowest BCUT2D eigenvalue weighted by Gasteiger charge is -2.35. The Morgan fingerprint density at radius 2 is 1.92 bits per heavy atom. The number of halogens is 1. The second kappa shape index (κ2) is 8.74. The van der Waals surface area contributed by atoms with Gasteiger partial charge in [-0.15, -0.1) is 0 Å². The molecule has 0 aliphatic carbocycles. The third-order valence-corrected chi connectivity index (χ3v) is 4.39. The Hall–Kier alpha value is -2.24. The van der Waals surface area contributed by atoms with Crippen molar-refractivity contribution in [3.63, 3.8) is 0 Å². The predicted octanol–water partition coefficient (Wildman–Crippen LogP) is 3.31. The monoisotopic (exact) mass is 360 g/mol. The molecule has 2 aromatic rings. The molecule has 0 unspecified atom stereocenters. The third kappa shape index (κ3) is 5.37. The smallest absolute Gasteiger partial charge is 0.330 e. The molecule has 1 aromatic carbocycles. The fraction of sp³-hybridized carbons (Fsp3) is 0.316. The van der Waals surface area contributed by atoms with E-state index in [0.717, 1.165) is 37.7 Å². The number of anilines is 1. The molecule has 3 rings (SSSR count). The van der Waals surface area contributed by atoms with Crippen LogP contribution in [0.2, 0.25) is 5.02 Å². The van der Waals surface area contributed by atoms with Gasteiger partial charge in [0.2, 0.25) is 0 Å². The van der Waals surface area contributed by atoms with Gasteiger partial charge < -0.3 is 14.1 Å². The minimum Gasteiger partial charge on any atom is -0.465 e. The number of ether oxygens (including phenoxy) is 1. The van der Waals surface area contributed by atoms with Crippen LogP contribution in [0.3, 0.4) is 0 Å². The van der Waals surface area contributed by atoms with Crippen LogP contribution < -0.4 is 4.90 Å². The molecule has 132 valence electrons. The Bertz CT molecular complexity index is 690. The Labute approximate surface area is 152 Å². The van der Waals surface area contributed by atoms with Crippen LogP contribution in [0, 0.1) is 0 Å². The zero-order chi connectivity index (χ0) is 17.5. The molecule has 0 bridgehead atoms. The summed E-state index contributed by atoms with van der Waals surface area (Å²) in [7, 11) is 0. The van der Waals surface area contributed by atoms with Crippen LogP contribution in [-0.2, 0) is 9.53 Å². The van der Waals surface area contributed by atoms with Gasteiger partial charge in [0.1, 0.15) is 12.4 Å². The summed E-state index contributed by atoms with van der Waals surface area (Å²) >= 11 is 5.93. The molecule has 1 saturated heterocycles. The maximum Gasteiger partial charge on any atom is 0.330 e. The lowest BCUT2D eigenvalue weighted by molar-refractivity contribution is -0.138. The molecular formula is C19H21ClN2O3. The molecule has 0 spiro atoms. The number of hydrogen-bond donors (Lipinski definition) is 0. The fourth-order valence-corrected chi connectivity index (χ4v) is 2.87. The first kappa shape index (κ1) is 17.6. The van der Waals surface area contributed by atoms with Gasteiger partial charge in [-0.05, 0) is 42.5 Å². The molecule has 5 nitrogen and oxygen atoms in total. The first-order valence-electron chi connectivity index (χ1n) is 8.32. The van der Waals surface area contributed by atoms with Gasteiger partial charge in [-0.2, -0.15) is 0 Å². The fourth-order valence-electron chi connectivity index (χ4n) is 2.74. The maximum absolute atomic E-state index is 11.7. The Kier molecular flexibility index (Phi) is 6.14. The Morgan fingerprint density at radius 1 is 1.16 bits per heavy atom. The summed E-state index contributed by atoms with van der Waals surface area (Å²) in [5.74, 6) is 0.284. The van der Waals surface area contributed by atoms with Crippen LogP contribution in [0.25, 0.3) is 6.08 Å². The zero-order valence-electron chi connectivity index (χ0n) is 13.9. The second-order valence-corrected chi connectivity index (χ2v) is 6.26. The van der Waals surface area contributed by atoms with E-state index in [2.05, 4.69) is 9.80 Å². The van der Waals surface area contributed by atoms with Gasteiger partial charge in [0.25, 0.3) is 0 Å². The Morgan fingerprint density at radius 3 is 2.60 bits per heavy atom. The Balaban J connectivity index is 1.35. The molecular weight excluding hydrogens is 340 g/mol. The number of furan rings is 1. The average Bonchev–Trinajstić information content (AvgIpc) is 3.15. The van der Waals surface area contributed by atoms with E-state index in [-0.39, 0.29) is 5.97 Å². The van der Waals surface area contributed by atoms with Crippen LogP contribution in [-0.4, -0.2) is 50.2 Å². The molecule has 1 aromatic heterocycles. The number of hydrogen-bond acceptors (Lipinski definition) is 5. The highest BCUT2D eigenvalue weighted by Crippen LogP contribution is 2.19. The first-order chi connectivity index (χ1) is 12.2. The molecule has 1 fully saturated rings. The summed E-state index contributed by atoms with van der Waals surface area (Å²) in [5, 5.41) is 0.755. The van der Waals surface area contributed by atoms with E-state index in [1.807, 2.05) is 24.3 Å². The van der Waals surface area contributed by atoms with Crippen LogP contribution >= 0.6 is 11.6 Å². The SMILES string of the molecule is O=C(C=Cc1ccco1)OCCN1CCN(c2ccc(Cl)cc2)CC1. The topological polar surface area (TPSA) is 45.9 Å². The highest BCUT2D eigenvalue weighted by Gasteiger charge is 2.17. The van der Waals surface area contributed by atoms with Crippen molar-refractivity contribution in [2.45, 2.75) is 0 Å². The maximum atomic E-state index is 11.7. The summed E-state index contributed by atoms with van der Waals surface area (Å²) in [6.45, 7) is 4.93. The number of nitrogens with zero attached hydrogens (tertiary/aromatic N) is 2. The average molecular weight is 361 g/mol. The van der Waals surface area contributed by atoms with Gasteiger partial charge in [-0.3, -0.25) is 4.90 Å². The lowest BCUT2D eigenvalue weighted by atomic mass is 10.2. The number of benzene rings is 1. The van der Waals surface area contributed by atoms with Crippen molar-refractivity contribution in [1.82, 2.24) is 4.90 Å². The number of carbonyl (C=O) groups is 1. The molecule has 0 N–H and O–H groups in total. The summed E-state index contributed by atoms with van der Waals surface area (Å²) in [5.41, 5.74) is 1.19. The van der Waals surface area contributed by atoms with Gasteiger partial charge in [-0.1, -0.05) is 11.6 Å². The van der Waals surface area contributed by atoms with E-state index in [0.29, 0.717) is 12.4 Å². The summed E-state index contributed by atoms with van der Waals surface area (Å²) in [6.07, 6.45) is 4.55. The predicted molar refractivity (Wildman–Crippen MR) is 98.8 cm³/mol. The van der Waals surface area contributed by atoms with Gasteiger partial charge in [0.15, 0.2) is 0 Å². The normalized spacial score (nSPS) is 15.6. The second-order valence-electron chi connectivity index (χ2n) is 5.82. The van der Waals surface area contributed by atoms with Crippen LogP contribution in [0.15, 0.2) is 53.2 Å². The largest absolute Gasteiger partial charge is 0.465 e. The van der Waals surface area contributed by atoms with Crippen LogP contribution in [0.4, 0.5) is 5.69 Å². The van der Waals surface area contributed by atoms with E-state index < -0.39 is 0 Å². The van der Waals surface area contributed by atoms with E-state index in [1.54, 1.807) is 24.5 Å².